The molecule has 0 aliphatic rings. The smallest absolute Gasteiger partial charge is 0.151 e. The molecule has 0 spiro atoms. The summed E-state index contributed by atoms with van der Waals surface area (Å²) in [5.74, 6) is 4.60. The molecule has 14 heavy (non-hydrogen) atoms. The molecule has 72 valence electrons. The molecule has 0 saturated carbocycles. The van der Waals surface area contributed by atoms with Crippen LogP contribution in [0.4, 0.5) is 4.39 Å². The minimum absolute atomic E-state index is 0.193. The van der Waals surface area contributed by atoms with Crippen molar-refractivity contribution in [2.75, 3.05) is 0 Å². The van der Waals surface area contributed by atoms with Gasteiger partial charge in [-0.05, 0) is 25.1 Å². The number of hydrogen-bond donors (Lipinski definition) is 1. The Balaban J connectivity index is 3.10. The second-order valence-corrected chi connectivity index (χ2v) is 2.79. The summed E-state index contributed by atoms with van der Waals surface area (Å²) in [6, 6.07) is 3.74. The summed E-state index contributed by atoms with van der Waals surface area (Å²) in [7, 11) is 0. The zero-order valence-electron chi connectivity index (χ0n) is 7.62. The summed E-state index contributed by atoms with van der Waals surface area (Å²) in [6.07, 6.45) is -0.227. The van der Waals surface area contributed by atoms with Crippen LogP contribution in [-0.2, 0) is 0 Å². The van der Waals surface area contributed by atoms with E-state index < -0.39 is 11.9 Å². The van der Waals surface area contributed by atoms with E-state index in [2.05, 4.69) is 11.8 Å². The molecule has 0 fully saturated rings. The molecule has 2 nitrogen and oxygen atoms in total. The monoisotopic (exact) mass is 192 g/mol. The van der Waals surface area contributed by atoms with Crippen molar-refractivity contribution in [3.05, 3.63) is 35.1 Å². The van der Waals surface area contributed by atoms with Crippen LogP contribution in [0, 0.1) is 17.7 Å². The molecule has 0 aliphatic heterocycles. The van der Waals surface area contributed by atoms with Crippen molar-refractivity contribution in [2.24, 2.45) is 0 Å². The number of carbonyl (C=O) groups is 1. The lowest BCUT2D eigenvalue weighted by molar-refractivity contribution is 0.112. The Kier molecular flexibility index (Phi) is 3.38. The van der Waals surface area contributed by atoms with Crippen LogP contribution < -0.4 is 0 Å². The summed E-state index contributed by atoms with van der Waals surface area (Å²) in [6.45, 7) is 1.51. The standard InChI is InChI=1S/C11H9FO2/c1-8(14)2-3-9-4-5-11(12)6-10(9)7-13/h4-8,14H,1H3. The fourth-order valence-corrected chi connectivity index (χ4v) is 0.927. The number of halogens is 1. The molecule has 0 aliphatic carbocycles. The van der Waals surface area contributed by atoms with Gasteiger partial charge in [-0.15, -0.1) is 0 Å². The van der Waals surface area contributed by atoms with Gasteiger partial charge >= 0.3 is 0 Å². The highest BCUT2D eigenvalue weighted by atomic mass is 19.1. The molecule has 0 bridgehead atoms. The third-order valence-corrected chi connectivity index (χ3v) is 1.56. The van der Waals surface area contributed by atoms with Gasteiger partial charge in [0.1, 0.15) is 11.9 Å². The van der Waals surface area contributed by atoms with E-state index >= 15 is 0 Å². The average molecular weight is 192 g/mol. The van der Waals surface area contributed by atoms with Crippen molar-refractivity contribution in [1.82, 2.24) is 0 Å². The first-order chi connectivity index (χ1) is 6.63. The van der Waals surface area contributed by atoms with Crippen LogP contribution in [0.2, 0.25) is 0 Å². The first-order valence-electron chi connectivity index (χ1n) is 4.08. The largest absolute Gasteiger partial charge is 0.381 e. The second kappa shape index (κ2) is 4.54. The third kappa shape index (κ3) is 2.68. The molecule has 1 aromatic rings. The van der Waals surface area contributed by atoms with Crippen LogP contribution in [0.3, 0.4) is 0 Å². The molecular weight excluding hydrogens is 183 g/mol. The number of benzene rings is 1. The van der Waals surface area contributed by atoms with E-state index in [1.807, 2.05) is 0 Å². The van der Waals surface area contributed by atoms with Gasteiger partial charge in [-0.2, -0.15) is 0 Å². The van der Waals surface area contributed by atoms with Gasteiger partial charge in [0.05, 0.1) is 0 Å². The Bertz CT molecular complexity index is 399. The fraction of sp³-hybridized carbons (Fsp3) is 0.182. The number of hydrogen-bond acceptors (Lipinski definition) is 2. The molecule has 1 atom stereocenters. The van der Waals surface area contributed by atoms with E-state index in [1.165, 1.54) is 19.1 Å². The van der Waals surface area contributed by atoms with Gasteiger partial charge in [0.25, 0.3) is 0 Å². The van der Waals surface area contributed by atoms with Gasteiger partial charge < -0.3 is 5.11 Å². The van der Waals surface area contributed by atoms with Gasteiger partial charge in [0.2, 0.25) is 0 Å². The van der Waals surface area contributed by atoms with E-state index in [9.17, 15) is 9.18 Å². The summed E-state index contributed by atoms with van der Waals surface area (Å²) in [5, 5.41) is 8.90. The number of carbonyl (C=O) groups excluding carboxylic acids is 1. The van der Waals surface area contributed by atoms with Gasteiger partial charge in [0, 0.05) is 11.1 Å². The minimum Gasteiger partial charge on any atom is -0.381 e. The zero-order valence-corrected chi connectivity index (χ0v) is 7.62. The van der Waals surface area contributed by atoms with Gasteiger partial charge in [0.15, 0.2) is 6.29 Å². The molecule has 0 heterocycles. The van der Waals surface area contributed by atoms with Crippen LogP contribution in [0.15, 0.2) is 18.2 Å². The van der Waals surface area contributed by atoms with Gasteiger partial charge in [-0.1, -0.05) is 11.8 Å². The minimum atomic E-state index is -0.764. The average Bonchev–Trinajstić information content (AvgIpc) is 2.15. The molecule has 1 N–H and O–H groups in total. The molecule has 3 heteroatoms. The lowest BCUT2D eigenvalue weighted by Crippen LogP contribution is -1.94. The SMILES string of the molecule is CC(O)C#Cc1ccc(F)cc1C=O. The van der Waals surface area contributed by atoms with E-state index in [-0.39, 0.29) is 5.56 Å². The van der Waals surface area contributed by atoms with E-state index in [0.717, 1.165) is 6.07 Å². The summed E-state index contributed by atoms with van der Waals surface area (Å²) in [4.78, 5) is 10.5. The van der Waals surface area contributed by atoms with E-state index in [1.54, 1.807) is 0 Å². The molecule has 1 unspecified atom stereocenters. The highest BCUT2D eigenvalue weighted by Gasteiger charge is 2.00. The normalized spacial score (nSPS) is 11.4. The predicted octanol–water partition coefficient (Wildman–Crippen LogP) is 1.37. The van der Waals surface area contributed by atoms with Crippen molar-refractivity contribution >= 4 is 6.29 Å². The number of aldehydes is 1. The molecule has 1 rings (SSSR count). The molecule has 0 radical (unpaired) electrons. The summed E-state index contributed by atoms with van der Waals surface area (Å²) < 4.78 is 12.7. The number of aliphatic hydroxyl groups is 1. The van der Waals surface area contributed by atoms with Crippen molar-refractivity contribution in [3.8, 4) is 11.8 Å². The van der Waals surface area contributed by atoms with E-state index in [4.69, 9.17) is 5.11 Å². The predicted molar refractivity (Wildman–Crippen MR) is 50.3 cm³/mol. The topological polar surface area (TPSA) is 37.3 Å². The molecule has 0 amide bonds. The first kappa shape index (κ1) is 10.4. The van der Waals surface area contributed by atoms with Gasteiger partial charge in [-0.3, -0.25) is 4.79 Å². The summed E-state index contributed by atoms with van der Waals surface area (Å²) in [5.41, 5.74) is 0.612. The Morgan fingerprint density at radius 2 is 2.29 bits per heavy atom. The van der Waals surface area contributed by atoms with Crippen molar-refractivity contribution in [3.63, 3.8) is 0 Å². The van der Waals surface area contributed by atoms with Crippen LogP contribution in [-0.4, -0.2) is 17.5 Å². The summed E-state index contributed by atoms with van der Waals surface area (Å²) >= 11 is 0. The molecule has 0 aromatic heterocycles. The van der Waals surface area contributed by atoms with Crippen LogP contribution >= 0.6 is 0 Å². The van der Waals surface area contributed by atoms with Crippen LogP contribution in [0.5, 0.6) is 0 Å². The molecule has 0 saturated heterocycles. The first-order valence-corrected chi connectivity index (χ1v) is 4.08. The lowest BCUT2D eigenvalue weighted by Gasteiger charge is -1.96. The van der Waals surface area contributed by atoms with Crippen molar-refractivity contribution in [2.45, 2.75) is 13.0 Å². The second-order valence-electron chi connectivity index (χ2n) is 2.79. The highest BCUT2D eigenvalue weighted by Crippen LogP contribution is 2.07. The Hall–Kier alpha value is -1.66. The van der Waals surface area contributed by atoms with Gasteiger partial charge in [-0.25, -0.2) is 4.39 Å². The number of rotatable bonds is 1. The maximum Gasteiger partial charge on any atom is 0.151 e. The zero-order chi connectivity index (χ0) is 10.6. The van der Waals surface area contributed by atoms with Crippen LogP contribution in [0.25, 0.3) is 0 Å². The lowest BCUT2D eigenvalue weighted by atomic mass is 10.1. The van der Waals surface area contributed by atoms with E-state index in [0.29, 0.717) is 11.8 Å². The molecular formula is C11H9FO2. The molecule has 1 aromatic carbocycles. The van der Waals surface area contributed by atoms with Crippen LogP contribution in [0.1, 0.15) is 22.8 Å². The van der Waals surface area contributed by atoms with Crippen molar-refractivity contribution < 1.29 is 14.3 Å². The van der Waals surface area contributed by atoms with Crippen molar-refractivity contribution in [1.29, 1.82) is 0 Å². The Morgan fingerprint density at radius 1 is 1.57 bits per heavy atom. The highest BCUT2D eigenvalue weighted by molar-refractivity contribution is 5.79. The Labute approximate surface area is 81.4 Å². The quantitative estimate of drug-likeness (QED) is 0.539. The Morgan fingerprint density at radius 3 is 2.86 bits per heavy atom. The maximum atomic E-state index is 12.7. The maximum absolute atomic E-state index is 12.7. The fourth-order valence-electron chi connectivity index (χ4n) is 0.927. The third-order valence-electron chi connectivity index (χ3n) is 1.56. The number of aliphatic hydroxyl groups excluding tert-OH is 1.